The van der Waals surface area contributed by atoms with E-state index in [1.165, 1.54) is 16.2 Å². The van der Waals surface area contributed by atoms with Crippen molar-refractivity contribution in [3.05, 3.63) is 81.0 Å². The molecule has 2 aliphatic rings. The second-order valence-electron chi connectivity index (χ2n) is 10.1. The summed E-state index contributed by atoms with van der Waals surface area (Å²) < 4.78 is 12.5. The second kappa shape index (κ2) is 11.6. The van der Waals surface area contributed by atoms with E-state index < -0.39 is 6.04 Å². The average molecular weight is 548 g/mol. The third kappa shape index (κ3) is 6.15. The van der Waals surface area contributed by atoms with Crippen LogP contribution in [0.4, 0.5) is 0 Å². The summed E-state index contributed by atoms with van der Waals surface area (Å²) in [5, 5.41) is 3.05. The Bertz CT molecular complexity index is 1390. The first kappa shape index (κ1) is 26.9. The van der Waals surface area contributed by atoms with Crippen LogP contribution in [0, 0.1) is 6.92 Å². The van der Waals surface area contributed by atoms with Crippen molar-refractivity contribution in [1.29, 1.82) is 0 Å². The first-order valence-electron chi connectivity index (χ1n) is 13.2. The van der Waals surface area contributed by atoms with Crippen LogP contribution in [0.3, 0.4) is 0 Å². The van der Waals surface area contributed by atoms with Gasteiger partial charge >= 0.3 is 0 Å². The summed E-state index contributed by atoms with van der Waals surface area (Å²) in [5.41, 5.74) is 2.26. The monoisotopic (exact) mass is 547 g/mol. The molecule has 3 heterocycles. The molecule has 3 aromatic rings. The molecule has 5 rings (SSSR count). The topological polar surface area (TPSA) is 88.2 Å². The van der Waals surface area contributed by atoms with E-state index in [0.717, 1.165) is 22.4 Å². The van der Waals surface area contributed by atoms with Crippen LogP contribution in [0.5, 0.6) is 11.5 Å². The number of rotatable bonds is 2. The number of hydrogen-bond acceptors (Lipinski definition) is 6. The van der Waals surface area contributed by atoms with Gasteiger partial charge in [-0.05, 0) is 67.3 Å². The molecule has 1 aromatic heterocycles. The van der Waals surface area contributed by atoms with Crippen molar-refractivity contribution in [2.45, 2.75) is 45.4 Å². The largest absolute Gasteiger partial charge is 0.457 e. The maximum absolute atomic E-state index is 13.3. The fraction of sp³-hybridized carbons (Fsp3) is 0.367. The molecule has 1 saturated heterocycles. The summed E-state index contributed by atoms with van der Waals surface area (Å²) in [6, 6.07) is 16.4. The van der Waals surface area contributed by atoms with Gasteiger partial charge < -0.3 is 24.6 Å². The Morgan fingerprint density at radius 1 is 1.13 bits per heavy atom. The third-order valence-corrected chi connectivity index (χ3v) is 8.37. The molecule has 0 aliphatic carbocycles. The van der Waals surface area contributed by atoms with E-state index in [-0.39, 0.29) is 30.4 Å². The number of hydrogen-bond donors (Lipinski definition) is 1. The molecule has 0 saturated carbocycles. The molecule has 204 valence electrons. The smallest absolute Gasteiger partial charge is 0.264 e. The van der Waals surface area contributed by atoms with Gasteiger partial charge in [0.05, 0.1) is 30.2 Å². The Morgan fingerprint density at radius 2 is 1.97 bits per heavy atom. The number of benzene rings is 2. The van der Waals surface area contributed by atoms with Crippen molar-refractivity contribution < 1.29 is 23.9 Å². The lowest BCUT2D eigenvalue weighted by atomic mass is 10.0. The molecule has 1 fully saturated rings. The number of carbonyl (C=O) groups is 3. The Balaban J connectivity index is 1.40. The summed E-state index contributed by atoms with van der Waals surface area (Å²) in [5.74, 6) is 0.607. The first-order chi connectivity index (χ1) is 18.8. The Kier molecular flexibility index (Phi) is 7.99. The van der Waals surface area contributed by atoms with Crippen LogP contribution in [-0.4, -0.2) is 66.3 Å². The van der Waals surface area contributed by atoms with Crippen LogP contribution in [0.2, 0.25) is 0 Å². The van der Waals surface area contributed by atoms with Crippen LogP contribution >= 0.6 is 11.3 Å². The summed E-state index contributed by atoms with van der Waals surface area (Å²) in [6.45, 7) is 5.07. The number of nitrogens with zero attached hydrogens (tertiary/aromatic N) is 2. The van der Waals surface area contributed by atoms with Crippen LogP contribution < -0.4 is 10.1 Å². The molecule has 4 bridgehead atoms. The lowest BCUT2D eigenvalue weighted by molar-refractivity contribution is -0.124. The molecule has 2 aliphatic heterocycles. The Morgan fingerprint density at radius 3 is 2.77 bits per heavy atom. The van der Waals surface area contributed by atoms with E-state index in [2.05, 4.69) is 12.2 Å². The number of fused-ring (bicyclic) bond motifs is 5. The number of piperidine rings is 1. The fourth-order valence-corrected chi connectivity index (χ4v) is 5.84. The fourth-order valence-electron chi connectivity index (χ4n) is 4.92. The number of likely N-dealkylation sites (tertiary alicyclic amines) is 1. The van der Waals surface area contributed by atoms with Gasteiger partial charge in [0.15, 0.2) is 0 Å². The van der Waals surface area contributed by atoms with Crippen LogP contribution in [0.15, 0.2) is 54.6 Å². The van der Waals surface area contributed by atoms with Crippen LogP contribution in [0.1, 0.15) is 49.4 Å². The van der Waals surface area contributed by atoms with Gasteiger partial charge in [0.2, 0.25) is 5.91 Å². The van der Waals surface area contributed by atoms with Crippen LogP contribution in [-0.2, 0) is 22.6 Å². The molecular formula is C30H33N3O5S. The maximum atomic E-state index is 13.3. The van der Waals surface area contributed by atoms with E-state index in [4.69, 9.17) is 9.47 Å². The molecule has 9 heteroatoms. The van der Waals surface area contributed by atoms with Crippen molar-refractivity contribution in [1.82, 2.24) is 15.1 Å². The first-order valence-corrected chi connectivity index (χ1v) is 14.0. The lowest BCUT2D eigenvalue weighted by Gasteiger charge is -2.39. The summed E-state index contributed by atoms with van der Waals surface area (Å²) in [6.07, 6.45) is 1.17. The minimum Gasteiger partial charge on any atom is -0.457 e. The standard InChI is InChI=1S/C30H33N3O5S/c1-4-23-10-11-27(39-23)30(36)33-13-12-25-24(16-33)31-28(34)17-32(3)29(35)21-9-8-19(2)26(15-21)38-22-7-5-6-20(14-22)18-37-25/h5-11,14-15,24-25H,4,12-13,16-18H2,1-3H3,(H,31,34)/t24-,25+/m0/s1. The number of aryl methyl sites for hydroxylation is 2. The molecule has 8 nitrogen and oxygen atoms in total. The van der Waals surface area contributed by atoms with E-state index in [1.807, 2.05) is 49.4 Å². The van der Waals surface area contributed by atoms with E-state index in [1.54, 1.807) is 24.1 Å². The highest BCUT2D eigenvalue weighted by molar-refractivity contribution is 7.14. The minimum atomic E-state index is -0.414. The lowest BCUT2D eigenvalue weighted by Crippen LogP contribution is -2.58. The zero-order valence-corrected chi connectivity index (χ0v) is 23.3. The Hall–Kier alpha value is -3.69. The molecule has 2 atom stereocenters. The van der Waals surface area contributed by atoms with E-state index in [9.17, 15) is 14.4 Å². The molecular weight excluding hydrogens is 514 g/mol. The van der Waals surface area contributed by atoms with Gasteiger partial charge in [0, 0.05) is 30.6 Å². The van der Waals surface area contributed by atoms with Crippen molar-refractivity contribution in [3.63, 3.8) is 0 Å². The molecule has 0 radical (unpaired) electrons. The van der Waals surface area contributed by atoms with Crippen LogP contribution in [0.25, 0.3) is 0 Å². The normalized spacial score (nSPS) is 20.2. The highest BCUT2D eigenvalue weighted by atomic mass is 32.1. The number of carbonyl (C=O) groups excluding carboxylic acids is 3. The maximum Gasteiger partial charge on any atom is 0.264 e. The third-order valence-electron chi connectivity index (χ3n) is 7.16. The van der Waals surface area contributed by atoms with E-state index in [0.29, 0.717) is 48.1 Å². The van der Waals surface area contributed by atoms with Gasteiger partial charge in [-0.25, -0.2) is 0 Å². The van der Waals surface area contributed by atoms with Gasteiger partial charge in [-0.1, -0.05) is 25.1 Å². The molecule has 1 N–H and O–H groups in total. The zero-order valence-electron chi connectivity index (χ0n) is 22.4. The zero-order chi connectivity index (χ0) is 27.5. The minimum absolute atomic E-state index is 0.0353. The van der Waals surface area contributed by atoms with Gasteiger partial charge in [0.1, 0.15) is 11.5 Å². The number of thiophene rings is 1. The molecule has 0 spiro atoms. The van der Waals surface area contributed by atoms with Gasteiger partial charge in [-0.2, -0.15) is 0 Å². The van der Waals surface area contributed by atoms with Crippen molar-refractivity contribution in [2.75, 3.05) is 26.7 Å². The molecule has 2 aromatic carbocycles. The number of ether oxygens (including phenoxy) is 2. The van der Waals surface area contributed by atoms with Gasteiger partial charge in [-0.3, -0.25) is 14.4 Å². The predicted molar refractivity (Wildman–Crippen MR) is 149 cm³/mol. The van der Waals surface area contributed by atoms with Gasteiger partial charge in [-0.15, -0.1) is 11.3 Å². The number of amides is 3. The van der Waals surface area contributed by atoms with Crippen molar-refractivity contribution in [2.24, 2.45) is 0 Å². The van der Waals surface area contributed by atoms with Crippen molar-refractivity contribution >= 4 is 29.1 Å². The summed E-state index contributed by atoms with van der Waals surface area (Å²) in [7, 11) is 1.60. The predicted octanol–water partition coefficient (Wildman–Crippen LogP) is 4.41. The SMILES string of the molecule is CCc1ccc(C(=O)N2CC[C@H]3OCc4cccc(c4)Oc4cc(ccc4C)C(=O)N(C)CC(=O)N[C@H]3C2)s1. The van der Waals surface area contributed by atoms with Gasteiger partial charge in [0.25, 0.3) is 11.8 Å². The molecule has 0 unspecified atom stereocenters. The Labute approximate surface area is 232 Å². The number of nitrogens with one attached hydrogen (secondary N) is 1. The summed E-state index contributed by atoms with van der Waals surface area (Å²) >= 11 is 1.51. The van der Waals surface area contributed by atoms with E-state index >= 15 is 0 Å². The quantitative estimate of drug-likeness (QED) is 0.514. The molecule has 3 amide bonds. The number of likely N-dealkylation sites (N-methyl/N-ethyl adjacent to an activating group) is 1. The molecule has 39 heavy (non-hydrogen) atoms. The second-order valence-corrected chi connectivity index (χ2v) is 11.2. The highest BCUT2D eigenvalue weighted by Gasteiger charge is 2.34. The highest BCUT2D eigenvalue weighted by Crippen LogP contribution is 2.28. The summed E-state index contributed by atoms with van der Waals surface area (Å²) in [4.78, 5) is 44.5. The average Bonchev–Trinajstić information content (AvgIpc) is 3.42. The van der Waals surface area contributed by atoms with Crippen molar-refractivity contribution in [3.8, 4) is 11.5 Å².